The number of ether oxygens (including phenoxy) is 2. The molecule has 0 heterocycles. The van der Waals surface area contributed by atoms with Gasteiger partial charge in [-0.05, 0) is 44.5 Å². The molecule has 1 aromatic carbocycles. The van der Waals surface area contributed by atoms with Crippen molar-refractivity contribution < 1.29 is 28.2 Å². The first kappa shape index (κ1) is 16.8. The molecule has 1 rings (SSSR count). The van der Waals surface area contributed by atoms with Crippen molar-refractivity contribution in [3.63, 3.8) is 0 Å². The largest absolute Gasteiger partial charge is 0.465 e. The number of hydrogen-bond acceptors (Lipinski definition) is 5. The predicted molar refractivity (Wildman–Crippen MR) is 72.2 cm³/mol. The van der Waals surface area contributed by atoms with Crippen molar-refractivity contribution in [1.29, 1.82) is 0 Å². The van der Waals surface area contributed by atoms with Gasteiger partial charge in [-0.15, -0.1) is 0 Å². The fourth-order valence-corrected chi connectivity index (χ4v) is 1.82. The summed E-state index contributed by atoms with van der Waals surface area (Å²) in [5, 5.41) is 0. The van der Waals surface area contributed by atoms with E-state index < -0.39 is 29.5 Å². The van der Waals surface area contributed by atoms with Gasteiger partial charge in [0, 0.05) is 5.56 Å². The number of carbonyl (C=O) groups excluding carboxylic acids is 3. The van der Waals surface area contributed by atoms with Crippen molar-refractivity contribution in [2.45, 2.75) is 20.8 Å². The molecule has 0 bridgehead atoms. The maximum absolute atomic E-state index is 13.1. The van der Waals surface area contributed by atoms with E-state index in [2.05, 4.69) is 0 Å². The molecule has 6 heteroatoms. The van der Waals surface area contributed by atoms with Crippen LogP contribution in [-0.2, 0) is 19.1 Å². The Kier molecular flexibility index (Phi) is 6.02. The number of rotatable bonds is 6. The van der Waals surface area contributed by atoms with Crippen LogP contribution in [0.3, 0.4) is 0 Å². The topological polar surface area (TPSA) is 69.7 Å². The van der Waals surface area contributed by atoms with Gasteiger partial charge in [0.25, 0.3) is 0 Å². The molecule has 0 aliphatic rings. The smallest absolute Gasteiger partial charge is 0.328 e. The maximum atomic E-state index is 13.1. The first-order valence-corrected chi connectivity index (χ1v) is 6.56. The number of benzene rings is 1. The first-order chi connectivity index (χ1) is 9.92. The Balaban J connectivity index is 3.15. The van der Waals surface area contributed by atoms with Crippen LogP contribution in [0.1, 0.15) is 29.8 Å². The Hall–Kier alpha value is -2.24. The summed E-state index contributed by atoms with van der Waals surface area (Å²) in [5.41, 5.74) is 0.418. The quantitative estimate of drug-likeness (QED) is 0.456. The Morgan fingerprint density at radius 3 is 2.05 bits per heavy atom. The van der Waals surface area contributed by atoms with Crippen molar-refractivity contribution >= 4 is 17.7 Å². The van der Waals surface area contributed by atoms with E-state index in [0.29, 0.717) is 5.56 Å². The van der Waals surface area contributed by atoms with Crippen LogP contribution in [0, 0.1) is 18.7 Å². The molecule has 0 aliphatic heterocycles. The van der Waals surface area contributed by atoms with E-state index in [0.717, 1.165) is 12.1 Å². The summed E-state index contributed by atoms with van der Waals surface area (Å²) < 4.78 is 22.6. The van der Waals surface area contributed by atoms with Gasteiger partial charge in [-0.25, -0.2) is 4.39 Å². The molecule has 114 valence electrons. The lowest BCUT2D eigenvalue weighted by Gasteiger charge is -2.14. The molecule has 0 radical (unpaired) electrons. The zero-order chi connectivity index (χ0) is 16.0. The molecule has 0 amide bonds. The lowest BCUT2D eigenvalue weighted by atomic mass is 9.94. The van der Waals surface area contributed by atoms with E-state index in [1.54, 1.807) is 13.8 Å². The molecule has 0 saturated heterocycles. The van der Waals surface area contributed by atoms with Gasteiger partial charge in [-0.1, -0.05) is 0 Å². The summed E-state index contributed by atoms with van der Waals surface area (Å²) in [4.78, 5) is 36.1. The Bertz CT molecular complexity index is 535. The average molecular weight is 296 g/mol. The fourth-order valence-electron chi connectivity index (χ4n) is 1.82. The summed E-state index contributed by atoms with van der Waals surface area (Å²) in [6.07, 6.45) is 0. The second-order valence-corrected chi connectivity index (χ2v) is 4.26. The SMILES string of the molecule is CCOC(=O)C(C(=O)OCC)C(=O)c1ccc(F)cc1C. The van der Waals surface area contributed by atoms with E-state index in [-0.39, 0.29) is 18.8 Å². The monoisotopic (exact) mass is 296 g/mol. The van der Waals surface area contributed by atoms with Crippen molar-refractivity contribution in [1.82, 2.24) is 0 Å². The Morgan fingerprint density at radius 1 is 1.10 bits per heavy atom. The normalized spacial score (nSPS) is 10.3. The van der Waals surface area contributed by atoms with Crippen LogP contribution in [0.25, 0.3) is 0 Å². The Labute approximate surface area is 122 Å². The van der Waals surface area contributed by atoms with Crippen LogP contribution in [0.5, 0.6) is 0 Å². The van der Waals surface area contributed by atoms with Crippen molar-refractivity contribution in [3.8, 4) is 0 Å². The van der Waals surface area contributed by atoms with Gasteiger partial charge in [0.05, 0.1) is 13.2 Å². The highest BCUT2D eigenvalue weighted by Gasteiger charge is 2.37. The number of aryl methyl sites for hydroxylation is 1. The number of ketones is 1. The summed E-state index contributed by atoms with van der Waals surface area (Å²) >= 11 is 0. The minimum atomic E-state index is -1.69. The third-order valence-corrected chi connectivity index (χ3v) is 2.76. The summed E-state index contributed by atoms with van der Waals surface area (Å²) in [7, 11) is 0. The molecular weight excluding hydrogens is 279 g/mol. The molecule has 0 N–H and O–H groups in total. The third-order valence-electron chi connectivity index (χ3n) is 2.76. The third kappa shape index (κ3) is 4.11. The Morgan fingerprint density at radius 2 is 1.62 bits per heavy atom. The maximum Gasteiger partial charge on any atom is 0.328 e. The van der Waals surface area contributed by atoms with Crippen molar-refractivity contribution in [3.05, 3.63) is 35.1 Å². The van der Waals surface area contributed by atoms with Crippen LogP contribution in [0.15, 0.2) is 18.2 Å². The van der Waals surface area contributed by atoms with Crippen molar-refractivity contribution in [2.24, 2.45) is 5.92 Å². The highest BCUT2D eigenvalue weighted by molar-refractivity contribution is 6.21. The van der Waals surface area contributed by atoms with E-state index >= 15 is 0 Å². The van der Waals surface area contributed by atoms with Gasteiger partial charge in [0.1, 0.15) is 5.82 Å². The molecule has 5 nitrogen and oxygen atoms in total. The highest BCUT2D eigenvalue weighted by Crippen LogP contribution is 2.17. The summed E-state index contributed by atoms with van der Waals surface area (Å²) in [5.74, 6) is -4.89. The fraction of sp³-hybridized carbons (Fsp3) is 0.400. The second kappa shape index (κ2) is 7.52. The van der Waals surface area contributed by atoms with Crippen molar-refractivity contribution in [2.75, 3.05) is 13.2 Å². The molecule has 0 aromatic heterocycles. The molecule has 0 unspecified atom stereocenters. The van der Waals surface area contributed by atoms with Crippen LogP contribution < -0.4 is 0 Å². The van der Waals surface area contributed by atoms with Crippen LogP contribution in [0.4, 0.5) is 4.39 Å². The van der Waals surface area contributed by atoms with Crippen LogP contribution in [-0.4, -0.2) is 30.9 Å². The van der Waals surface area contributed by atoms with Gasteiger partial charge in [-0.3, -0.25) is 14.4 Å². The molecule has 0 aliphatic carbocycles. The van der Waals surface area contributed by atoms with E-state index in [1.165, 1.54) is 13.0 Å². The average Bonchev–Trinajstić information content (AvgIpc) is 2.39. The van der Waals surface area contributed by atoms with E-state index in [1.807, 2.05) is 0 Å². The molecule has 0 fully saturated rings. The van der Waals surface area contributed by atoms with E-state index in [9.17, 15) is 18.8 Å². The van der Waals surface area contributed by atoms with Crippen LogP contribution >= 0.6 is 0 Å². The summed E-state index contributed by atoms with van der Waals surface area (Å²) in [6.45, 7) is 4.71. The van der Waals surface area contributed by atoms with Gasteiger partial charge in [-0.2, -0.15) is 0 Å². The zero-order valence-electron chi connectivity index (χ0n) is 12.1. The van der Waals surface area contributed by atoms with Gasteiger partial charge < -0.3 is 9.47 Å². The molecule has 0 spiro atoms. The lowest BCUT2D eigenvalue weighted by Crippen LogP contribution is -2.35. The molecule has 1 aromatic rings. The standard InChI is InChI=1S/C15H17FO5/c1-4-20-14(18)12(15(19)21-5-2)13(17)11-7-6-10(16)8-9(11)3/h6-8,12H,4-5H2,1-3H3. The minimum Gasteiger partial charge on any atom is -0.465 e. The number of carbonyl (C=O) groups is 3. The number of Topliss-reactive ketones (excluding diaryl/α,β-unsaturated/α-hetero) is 1. The molecular formula is C15H17FO5. The molecule has 0 atom stereocenters. The number of halogens is 1. The van der Waals surface area contributed by atoms with Gasteiger partial charge in [0.2, 0.25) is 5.92 Å². The summed E-state index contributed by atoms with van der Waals surface area (Å²) in [6, 6.07) is 3.48. The number of hydrogen-bond donors (Lipinski definition) is 0. The second-order valence-electron chi connectivity index (χ2n) is 4.26. The first-order valence-electron chi connectivity index (χ1n) is 6.56. The van der Waals surface area contributed by atoms with E-state index in [4.69, 9.17) is 9.47 Å². The number of esters is 2. The zero-order valence-corrected chi connectivity index (χ0v) is 12.1. The predicted octanol–water partition coefficient (Wildman–Crippen LogP) is 2.06. The van der Waals surface area contributed by atoms with Crippen LogP contribution in [0.2, 0.25) is 0 Å². The molecule has 0 saturated carbocycles. The highest BCUT2D eigenvalue weighted by atomic mass is 19.1. The molecule has 21 heavy (non-hydrogen) atoms. The minimum absolute atomic E-state index is 0.0322. The van der Waals surface area contributed by atoms with Gasteiger partial charge in [0.15, 0.2) is 5.78 Å². The lowest BCUT2D eigenvalue weighted by molar-refractivity contribution is -0.158. The van der Waals surface area contributed by atoms with Gasteiger partial charge >= 0.3 is 11.9 Å².